The minimum Gasteiger partial charge on any atom is -0.287 e. The number of carbonyl (C=O) groups excluding carboxylic acids is 1. The molecule has 0 aromatic heterocycles. The monoisotopic (exact) mass is 327 g/mol. The first-order valence-corrected chi connectivity index (χ1v) is 7.02. The molecule has 2 aromatic carbocycles. The molecule has 0 aliphatic heterocycles. The Balaban J connectivity index is 2.36. The van der Waals surface area contributed by atoms with E-state index >= 15 is 0 Å². The first-order valence-electron chi connectivity index (χ1n) is 7.02. The lowest BCUT2D eigenvalue weighted by molar-refractivity contribution is -0.385. The number of hydrogen-bond donors (Lipinski definition) is 0. The van der Waals surface area contributed by atoms with E-state index in [0.29, 0.717) is 12.1 Å². The molecule has 24 heavy (non-hydrogen) atoms. The Labute approximate surface area is 136 Å². The van der Waals surface area contributed by atoms with Crippen LogP contribution in [0.15, 0.2) is 53.5 Å². The molecule has 0 aliphatic carbocycles. The van der Waals surface area contributed by atoms with Gasteiger partial charge in [0.05, 0.1) is 9.85 Å². The van der Waals surface area contributed by atoms with Gasteiger partial charge in [0.25, 0.3) is 11.4 Å². The molecule has 2 rings (SSSR count). The van der Waals surface area contributed by atoms with Crippen molar-refractivity contribution in [3.05, 3.63) is 79.9 Å². The number of hydrogen-bond acceptors (Lipinski definition) is 6. The van der Waals surface area contributed by atoms with Gasteiger partial charge in [-0.2, -0.15) is 0 Å². The third-order valence-electron chi connectivity index (χ3n) is 3.22. The molecule has 0 bridgehead atoms. The van der Waals surface area contributed by atoms with Crippen molar-refractivity contribution in [2.75, 3.05) is 6.54 Å². The van der Waals surface area contributed by atoms with Gasteiger partial charge in [-0.25, -0.2) is 0 Å². The van der Waals surface area contributed by atoms with E-state index in [9.17, 15) is 25.0 Å². The van der Waals surface area contributed by atoms with E-state index < -0.39 is 15.6 Å². The lowest BCUT2D eigenvalue weighted by atomic mass is 10.00. The highest BCUT2D eigenvalue weighted by molar-refractivity contribution is 6.51. The molecule has 0 spiro atoms. The number of ketones is 1. The first-order chi connectivity index (χ1) is 11.4. The van der Waals surface area contributed by atoms with Crippen LogP contribution in [0.5, 0.6) is 0 Å². The zero-order valence-corrected chi connectivity index (χ0v) is 12.7. The zero-order chi connectivity index (χ0) is 17.7. The minimum absolute atomic E-state index is 0.0858. The minimum atomic E-state index is -0.550. The molecule has 0 fully saturated rings. The van der Waals surface area contributed by atoms with Gasteiger partial charge in [0.15, 0.2) is 0 Å². The van der Waals surface area contributed by atoms with Crippen molar-refractivity contribution >= 4 is 22.9 Å². The normalized spacial score (nSPS) is 11.1. The van der Waals surface area contributed by atoms with Crippen LogP contribution in [0, 0.1) is 20.2 Å². The molecule has 0 amide bonds. The smallest absolute Gasteiger partial charge is 0.269 e. The molecule has 0 aliphatic rings. The number of benzene rings is 2. The summed E-state index contributed by atoms with van der Waals surface area (Å²) in [4.78, 5) is 37.1. The second-order valence-electron chi connectivity index (χ2n) is 4.76. The first kappa shape index (κ1) is 16.9. The molecule has 122 valence electrons. The highest BCUT2D eigenvalue weighted by atomic mass is 16.6. The van der Waals surface area contributed by atoms with Crippen LogP contribution in [0.1, 0.15) is 22.8 Å². The molecule has 0 saturated carbocycles. The fourth-order valence-corrected chi connectivity index (χ4v) is 2.06. The van der Waals surface area contributed by atoms with Crippen LogP contribution in [-0.4, -0.2) is 27.9 Å². The van der Waals surface area contributed by atoms with E-state index in [2.05, 4.69) is 4.99 Å². The molecule has 0 heterocycles. The van der Waals surface area contributed by atoms with Crippen molar-refractivity contribution < 1.29 is 14.6 Å². The molecule has 2 aromatic rings. The zero-order valence-electron chi connectivity index (χ0n) is 12.7. The van der Waals surface area contributed by atoms with Crippen LogP contribution < -0.4 is 0 Å². The third kappa shape index (κ3) is 3.67. The molecule has 8 heteroatoms. The van der Waals surface area contributed by atoms with Gasteiger partial charge in [0, 0.05) is 41.9 Å². The number of Topliss-reactive ketones (excluding diaryl/α,β-unsaturated/α-hetero) is 1. The van der Waals surface area contributed by atoms with Gasteiger partial charge in [0.2, 0.25) is 5.78 Å². The average molecular weight is 327 g/mol. The van der Waals surface area contributed by atoms with E-state index in [-0.39, 0.29) is 22.6 Å². The van der Waals surface area contributed by atoms with Gasteiger partial charge in [-0.05, 0) is 31.2 Å². The summed E-state index contributed by atoms with van der Waals surface area (Å²) in [6.45, 7) is 2.11. The molecule has 0 unspecified atom stereocenters. The van der Waals surface area contributed by atoms with Crippen molar-refractivity contribution in [2.24, 2.45) is 4.99 Å². The van der Waals surface area contributed by atoms with E-state index in [0.717, 1.165) is 0 Å². The number of nitro benzene ring substituents is 2. The summed E-state index contributed by atoms with van der Waals surface area (Å²) < 4.78 is 0. The SMILES string of the molecule is CCN=C(C(=O)c1ccc([N+](=O)[O-])cc1)c1ccc([N+](=O)[O-])cc1. The fraction of sp³-hybridized carbons (Fsp3) is 0.125. The number of non-ortho nitro benzene ring substituents is 2. The number of nitrogens with zero attached hydrogens (tertiary/aromatic N) is 3. The standard InChI is InChI=1S/C16H13N3O5/c1-2-17-15(11-3-7-13(8-4-11)18(21)22)16(20)12-5-9-14(10-6-12)19(23)24/h3-10H,2H2,1H3. The lowest BCUT2D eigenvalue weighted by Gasteiger charge is -2.06. The van der Waals surface area contributed by atoms with Crippen molar-refractivity contribution in [1.29, 1.82) is 0 Å². The maximum Gasteiger partial charge on any atom is 0.269 e. The maximum absolute atomic E-state index is 12.6. The number of nitro groups is 2. The van der Waals surface area contributed by atoms with Gasteiger partial charge in [-0.3, -0.25) is 30.0 Å². The number of carbonyl (C=O) groups is 1. The second kappa shape index (κ2) is 7.23. The summed E-state index contributed by atoms with van der Waals surface area (Å²) in [7, 11) is 0. The van der Waals surface area contributed by atoms with Crippen LogP contribution >= 0.6 is 0 Å². The Hall–Kier alpha value is -3.42. The van der Waals surface area contributed by atoms with E-state index in [4.69, 9.17) is 0 Å². The summed E-state index contributed by atoms with van der Waals surface area (Å²) in [6, 6.07) is 10.7. The summed E-state index contributed by atoms with van der Waals surface area (Å²) in [5.41, 5.74) is 0.659. The van der Waals surface area contributed by atoms with Crippen molar-refractivity contribution in [3.63, 3.8) is 0 Å². The highest BCUT2D eigenvalue weighted by Gasteiger charge is 2.18. The van der Waals surface area contributed by atoms with Crippen LogP contribution in [0.2, 0.25) is 0 Å². The van der Waals surface area contributed by atoms with Gasteiger partial charge < -0.3 is 0 Å². The van der Waals surface area contributed by atoms with Crippen molar-refractivity contribution in [3.8, 4) is 0 Å². The van der Waals surface area contributed by atoms with Crippen LogP contribution in [0.4, 0.5) is 11.4 Å². The molecule has 0 atom stereocenters. The van der Waals surface area contributed by atoms with Crippen LogP contribution in [0.25, 0.3) is 0 Å². The molecule has 8 nitrogen and oxygen atoms in total. The summed E-state index contributed by atoms with van der Waals surface area (Å²) in [6.07, 6.45) is 0. The third-order valence-corrected chi connectivity index (χ3v) is 3.22. The number of rotatable bonds is 6. The second-order valence-corrected chi connectivity index (χ2v) is 4.76. The maximum atomic E-state index is 12.6. The Morgan fingerprint density at radius 1 is 0.875 bits per heavy atom. The van der Waals surface area contributed by atoms with Gasteiger partial charge in [0.1, 0.15) is 5.71 Å². The van der Waals surface area contributed by atoms with Crippen molar-refractivity contribution in [1.82, 2.24) is 0 Å². The molecular formula is C16H13N3O5. The topological polar surface area (TPSA) is 116 Å². The van der Waals surface area contributed by atoms with Gasteiger partial charge in [-0.15, -0.1) is 0 Å². The quantitative estimate of drug-likeness (QED) is 0.349. The lowest BCUT2D eigenvalue weighted by Crippen LogP contribution is -2.16. The van der Waals surface area contributed by atoms with Crippen molar-refractivity contribution in [2.45, 2.75) is 6.92 Å². The van der Waals surface area contributed by atoms with E-state index in [1.54, 1.807) is 6.92 Å². The molecule has 0 N–H and O–H groups in total. The summed E-state index contributed by atoms with van der Waals surface area (Å²) in [5.74, 6) is -0.402. The molecule has 0 radical (unpaired) electrons. The summed E-state index contributed by atoms with van der Waals surface area (Å²) in [5, 5.41) is 21.4. The summed E-state index contributed by atoms with van der Waals surface area (Å²) >= 11 is 0. The van der Waals surface area contributed by atoms with Crippen LogP contribution in [-0.2, 0) is 0 Å². The highest BCUT2D eigenvalue weighted by Crippen LogP contribution is 2.17. The Kier molecular flexibility index (Phi) is 5.10. The van der Waals surface area contributed by atoms with Crippen LogP contribution in [0.3, 0.4) is 0 Å². The van der Waals surface area contributed by atoms with E-state index in [1.807, 2.05) is 0 Å². The average Bonchev–Trinajstić information content (AvgIpc) is 2.59. The Morgan fingerprint density at radius 2 is 1.29 bits per heavy atom. The van der Waals surface area contributed by atoms with Gasteiger partial charge >= 0.3 is 0 Å². The Morgan fingerprint density at radius 3 is 1.67 bits per heavy atom. The van der Waals surface area contributed by atoms with Gasteiger partial charge in [-0.1, -0.05) is 0 Å². The largest absolute Gasteiger partial charge is 0.287 e. The molecule has 0 saturated heterocycles. The number of aliphatic imine (C=N–C) groups is 1. The fourth-order valence-electron chi connectivity index (χ4n) is 2.06. The predicted molar refractivity (Wildman–Crippen MR) is 87.6 cm³/mol. The molecular weight excluding hydrogens is 314 g/mol. The predicted octanol–water partition coefficient (Wildman–Crippen LogP) is 3.19. The van der Waals surface area contributed by atoms with E-state index in [1.165, 1.54) is 48.5 Å². The Bertz CT molecular complexity index is 811.